The van der Waals surface area contributed by atoms with Crippen molar-refractivity contribution in [3.8, 4) is 5.75 Å². The summed E-state index contributed by atoms with van der Waals surface area (Å²) in [4.78, 5) is 0. The Kier molecular flexibility index (Phi) is 6.53. The molecule has 0 atom stereocenters. The molecule has 21 heavy (non-hydrogen) atoms. The minimum Gasteiger partial charge on any atom is -0.494 e. The number of hydrogen-bond donors (Lipinski definition) is 0. The third-order valence-electron chi connectivity index (χ3n) is 4.82. The first-order chi connectivity index (χ1) is 10.2. The lowest BCUT2D eigenvalue weighted by atomic mass is 9.78. The smallest absolute Gasteiger partial charge is 0.130 e. The van der Waals surface area contributed by atoms with E-state index >= 15 is 0 Å². The summed E-state index contributed by atoms with van der Waals surface area (Å²) in [7, 11) is 0. The molecule has 1 saturated carbocycles. The zero-order valence-electron chi connectivity index (χ0n) is 13.5. The lowest BCUT2D eigenvalue weighted by Gasteiger charge is -2.28. The number of benzene rings is 1. The molecule has 1 aromatic rings. The van der Waals surface area contributed by atoms with E-state index in [1.54, 1.807) is 0 Å². The average Bonchev–Trinajstić information content (AvgIpc) is 2.49. The van der Waals surface area contributed by atoms with Gasteiger partial charge in [-0.2, -0.15) is 0 Å². The van der Waals surface area contributed by atoms with E-state index in [0.717, 1.165) is 30.2 Å². The van der Waals surface area contributed by atoms with Crippen molar-refractivity contribution < 1.29 is 9.13 Å². The molecule has 0 saturated heterocycles. The highest BCUT2D eigenvalue weighted by Gasteiger charge is 2.20. The fourth-order valence-corrected chi connectivity index (χ4v) is 3.56. The normalized spacial score (nSPS) is 22.2. The zero-order chi connectivity index (χ0) is 15.1. The molecule has 1 aliphatic carbocycles. The molecule has 0 aromatic heterocycles. The predicted molar refractivity (Wildman–Crippen MR) is 86.2 cm³/mol. The van der Waals surface area contributed by atoms with Gasteiger partial charge < -0.3 is 4.74 Å². The maximum Gasteiger partial charge on any atom is 0.130 e. The summed E-state index contributed by atoms with van der Waals surface area (Å²) in [5.41, 5.74) is 0.842. The van der Waals surface area contributed by atoms with Crippen LogP contribution in [0.25, 0.3) is 0 Å². The molecule has 1 aromatic carbocycles. The lowest BCUT2D eigenvalue weighted by Crippen LogP contribution is -2.15. The molecule has 0 bridgehead atoms. The van der Waals surface area contributed by atoms with Crippen molar-refractivity contribution in [2.24, 2.45) is 11.8 Å². The highest BCUT2D eigenvalue weighted by Crippen LogP contribution is 2.34. The highest BCUT2D eigenvalue weighted by atomic mass is 19.1. The van der Waals surface area contributed by atoms with Crippen molar-refractivity contribution in [2.45, 2.75) is 65.2 Å². The van der Waals surface area contributed by atoms with Gasteiger partial charge in [0.25, 0.3) is 0 Å². The van der Waals surface area contributed by atoms with Crippen molar-refractivity contribution in [3.63, 3.8) is 0 Å². The first-order valence-electron chi connectivity index (χ1n) is 8.64. The minimum atomic E-state index is -0.111. The SMILES string of the molecule is CCC[C@H]1CC[C@H](CCc2ccc(OCC)cc2F)CC1. The van der Waals surface area contributed by atoms with Crippen LogP contribution in [0.4, 0.5) is 4.39 Å². The Morgan fingerprint density at radius 2 is 1.71 bits per heavy atom. The highest BCUT2D eigenvalue weighted by molar-refractivity contribution is 5.29. The summed E-state index contributed by atoms with van der Waals surface area (Å²) in [5.74, 6) is 2.27. The Bertz CT molecular complexity index is 422. The van der Waals surface area contributed by atoms with Gasteiger partial charge in [0.05, 0.1) is 6.61 Å². The van der Waals surface area contributed by atoms with Crippen molar-refractivity contribution in [1.82, 2.24) is 0 Å². The van der Waals surface area contributed by atoms with E-state index < -0.39 is 0 Å². The Morgan fingerprint density at radius 1 is 1.05 bits per heavy atom. The van der Waals surface area contributed by atoms with Crippen LogP contribution < -0.4 is 4.74 Å². The molecule has 0 radical (unpaired) electrons. The lowest BCUT2D eigenvalue weighted by molar-refractivity contribution is 0.252. The molecule has 0 heterocycles. The van der Waals surface area contributed by atoms with Gasteiger partial charge in [-0.25, -0.2) is 4.39 Å². The van der Waals surface area contributed by atoms with Crippen LogP contribution in [0.1, 0.15) is 64.4 Å². The van der Waals surface area contributed by atoms with Gasteiger partial charge in [-0.15, -0.1) is 0 Å². The fraction of sp³-hybridized carbons (Fsp3) is 0.684. The summed E-state index contributed by atoms with van der Waals surface area (Å²) in [6.07, 6.45) is 10.1. The van der Waals surface area contributed by atoms with Gasteiger partial charge in [-0.3, -0.25) is 0 Å². The summed E-state index contributed by atoms with van der Waals surface area (Å²) in [6.45, 7) is 4.78. The largest absolute Gasteiger partial charge is 0.494 e. The summed E-state index contributed by atoms with van der Waals surface area (Å²) in [5, 5.41) is 0. The third kappa shape index (κ3) is 5.01. The van der Waals surface area contributed by atoms with Gasteiger partial charge in [0.15, 0.2) is 0 Å². The van der Waals surface area contributed by atoms with Gasteiger partial charge in [-0.1, -0.05) is 51.5 Å². The quantitative estimate of drug-likeness (QED) is 0.620. The first kappa shape index (κ1) is 16.3. The molecule has 2 rings (SSSR count). The number of aryl methyl sites for hydroxylation is 1. The van der Waals surface area contributed by atoms with Crippen LogP contribution in [0, 0.1) is 17.7 Å². The van der Waals surface area contributed by atoms with Gasteiger partial charge in [0, 0.05) is 6.07 Å². The second-order valence-electron chi connectivity index (χ2n) is 6.40. The molecule has 0 unspecified atom stereocenters. The Labute approximate surface area is 128 Å². The number of hydrogen-bond acceptors (Lipinski definition) is 1. The molecule has 1 aliphatic rings. The van der Waals surface area contributed by atoms with Crippen LogP contribution in [0.5, 0.6) is 5.75 Å². The van der Waals surface area contributed by atoms with Gasteiger partial charge >= 0.3 is 0 Å². The molecule has 1 nitrogen and oxygen atoms in total. The Morgan fingerprint density at radius 3 is 2.29 bits per heavy atom. The maximum atomic E-state index is 14.0. The van der Waals surface area contributed by atoms with Crippen molar-refractivity contribution in [2.75, 3.05) is 6.61 Å². The Balaban J connectivity index is 1.78. The summed E-state index contributed by atoms with van der Waals surface area (Å²) in [6, 6.07) is 5.31. The fourth-order valence-electron chi connectivity index (χ4n) is 3.56. The Hall–Kier alpha value is -1.05. The van der Waals surface area contributed by atoms with Crippen LogP contribution in [0.15, 0.2) is 18.2 Å². The van der Waals surface area contributed by atoms with Crippen molar-refractivity contribution >= 4 is 0 Å². The minimum absolute atomic E-state index is 0.111. The molecule has 0 spiro atoms. The molecular formula is C19H29FO. The number of halogens is 1. The van der Waals surface area contributed by atoms with E-state index in [-0.39, 0.29) is 5.82 Å². The second kappa shape index (κ2) is 8.41. The molecular weight excluding hydrogens is 263 g/mol. The van der Waals surface area contributed by atoms with Gasteiger partial charge in [-0.05, 0) is 43.2 Å². The zero-order valence-corrected chi connectivity index (χ0v) is 13.5. The van der Waals surface area contributed by atoms with Crippen LogP contribution in [-0.4, -0.2) is 6.61 Å². The molecule has 1 fully saturated rings. The van der Waals surface area contributed by atoms with Crippen LogP contribution in [-0.2, 0) is 6.42 Å². The average molecular weight is 292 g/mol. The predicted octanol–water partition coefficient (Wildman–Crippen LogP) is 5.76. The second-order valence-corrected chi connectivity index (χ2v) is 6.40. The molecule has 0 aliphatic heterocycles. The van der Waals surface area contributed by atoms with E-state index in [1.807, 2.05) is 19.1 Å². The third-order valence-corrected chi connectivity index (χ3v) is 4.82. The molecule has 118 valence electrons. The molecule has 2 heteroatoms. The van der Waals surface area contributed by atoms with E-state index in [9.17, 15) is 4.39 Å². The van der Waals surface area contributed by atoms with Crippen LogP contribution >= 0.6 is 0 Å². The van der Waals surface area contributed by atoms with Crippen molar-refractivity contribution in [1.29, 1.82) is 0 Å². The number of ether oxygens (including phenoxy) is 1. The molecule has 0 amide bonds. The number of rotatable bonds is 7. The van der Waals surface area contributed by atoms with E-state index in [4.69, 9.17) is 4.74 Å². The van der Waals surface area contributed by atoms with Crippen LogP contribution in [0.2, 0.25) is 0 Å². The summed E-state index contributed by atoms with van der Waals surface area (Å²) >= 11 is 0. The van der Waals surface area contributed by atoms with E-state index in [0.29, 0.717) is 12.4 Å². The van der Waals surface area contributed by atoms with E-state index in [2.05, 4.69) is 6.92 Å². The monoisotopic (exact) mass is 292 g/mol. The maximum absolute atomic E-state index is 14.0. The van der Waals surface area contributed by atoms with Crippen LogP contribution in [0.3, 0.4) is 0 Å². The first-order valence-corrected chi connectivity index (χ1v) is 8.64. The molecule has 0 N–H and O–H groups in total. The van der Waals surface area contributed by atoms with Gasteiger partial charge in [0.2, 0.25) is 0 Å². The van der Waals surface area contributed by atoms with E-state index in [1.165, 1.54) is 44.6 Å². The summed E-state index contributed by atoms with van der Waals surface area (Å²) < 4.78 is 19.3. The topological polar surface area (TPSA) is 9.23 Å². The van der Waals surface area contributed by atoms with Crippen molar-refractivity contribution in [3.05, 3.63) is 29.6 Å². The van der Waals surface area contributed by atoms with Gasteiger partial charge in [0.1, 0.15) is 11.6 Å². The standard InChI is InChI=1S/C19H29FO/c1-3-5-15-6-8-16(9-7-15)10-11-17-12-13-18(21-4-2)14-19(17)20/h12-16H,3-11H2,1-2H3/t15-,16-.